The summed E-state index contributed by atoms with van der Waals surface area (Å²) in [5.74, 6) is -0.443. The third-order valence-electron chi connectivity index (χ3n) is 4.28. The highest BCUT2D eigenvalue weighted by atomic mass is 32.1. The molecule has 0 amide bonds. The number of aryl methyl sites for hydroxylation is 1. The van der Waals surface area contributed by atoms with Gasteiger partial charge in [0.2, 0.25) is 0 Å². The second-order valence-electron chi connectivity index (χ2n) is 6.06. The maximum absolute atomic E-state index is 14.3. The minimum Gasteiger partial charge on any atom is -0.203 e. The number of halogens is 4. The Morgan fingerprint density at radius 3 is 1.69 bits per heavy atom. The van der Waals surface area contributed by atoms with Crippen LogP contribution < -0.4 is 0 Å². The van der Waals surface area contributed by atoms with Gasteiger partial charge >= 0.3 is 0 Å². The van der Waals surface area contributed by atoms with Crippen molar-refractivity contribution in [3.63, 3.8) is 0 Å². The van der Waals surface area contributed by atoms with Gasteiger partial charge in [0.25, 0.3) is 0 Å². The molecule has 3 aromatic carbocycles. The van der Waals surface area contributed by atoms with E-state index in [1.165, 1.54) is 29.8 Å². The molecule has 6 heteroatoms. The fourth-order valence-corrected chi connectivity index (χ4v) is 2.80. The lowest BCUT2D eigenvalue weighted by Gasteiger charge is -2.09. The third-order valence-corrected chi connectivity index (χ3v) is 4.38. The number of thiocarbonyl (C=S) groups is 1. The Labute approximate surface area is 170 Å². The van der Waals surface area contributed by atoms with Gasteiger partial charge in [-0.1, -0.05) is 43.0 Å². The Balaban J connectivity index is 1.95. The summed E-state index contributed by atoms with van der Waals surface area (Å²) in [7, 11) is 0. The number of hydrogen-bond acceptors (Lipinski definition) is 2. The number of rotatable bonds is 3. The molecule has 0 aromatic heterocycles. The van der Waals surface area contributed by atoms with Gasteiger partial charge in [-0.15, -0.1) is 0 Å². The van der Waals surface area contributed by atoms with Crippen LogP contribution in [0.15, 0.2) is 53.5 Å². The minimum atomic E-state index is -1.63. The molecule has 0 heterocycles. The van der Waals surface area contributed by atoms with Gasteiger partial charge in [0.05, 0.1) is 10.7 Å². The molecule has 0 atom stereocenters. The molecule has 0 aliphatic heterocycles. The summed E-state index contributed by atoms with van der Waals surface area (Å²) >= 11 is 4.25. The Kier molecular flexibility index (Phi) is 6.23. The van der Waals surface area contributed by atoms with Crippen LogP contribution in [0.25, 0.3) is 11.1 Å². The zero-order chi connectivity index (χ0) is 21.0. The van der Waals surface area contributed by atoms with Crippen LogP contribution in [-0.4, -0.2) is 5.16 Å². The van der Waals surface area contributed by atoms with Crippen LogP contribution in [0.2, 0.25) is 0 Å². The topological polar surface area (TPSA) is 12.4 Å². The van der Waals surface area contributed by atoms with E-state index in [0.29, 0.717) is 5.56 Å². The quantitative estimate of drug-likeness (QED) is 0.155. The van der Waals surface area contributed by atoms with E-state index in [2.05, 4.69) is 36.0 Å². The Hall–Kier alpha value is -3.26. The first-order chi connectivity index (χ1) is 14.0. The second kappa shape index (κ2) is 8.83. The summed E-state index contributed by atoms with van der Waals surface area (Å²) < 4.78 is 56.7. The van der Waals surface area contributed by atoms with Crippen LogP contribution >= 0.6 is 12.2 Å². The molecule has 0 aliphatic rings. The fourth-order valence-electron chi connectivity index (χ4n) is 2.71. The molecule has 0 fully saturated rings. The van der Waals surface area contributed by atoms with Crippen molar-refractivity contribution in [2.75, 3.05) is 0 Å². The van der Waals surface area contributed by atoms with Crippen molar-refractivity contribution in [1.82, 2.24) is 0 Å². The normalized spacial score (nSPS) is 10.1. The van der Waals surface area contributed by atoms with E-state index in [4.69, 9.17) is 0 Å². The lowest BCUT2D eigenvalue weighted by atomic mass is 10.0. The second-order valence-corrected chi connectivity index (χ2v) is 6.24. The molecule has 0 spiro atoms. The Morgan fingerprint density at radius 1 is 0.759 bits per heavy atom. The van der Waals surface area contributed by atoms with E-state index in [1.807, 2.05) is 24.3 Å². The number of benzene rings is 3. The van der Waals surface area contributed by atoms with Gasteiger partial charge in [0.1, 0.15) is 0 Å². The van der Waals surface area contributed by atoms with Gasteiger partial charge < -0.3 is 0 Å². The highest BCUT2D eigenvalue weighted by Gasteiger charge is 2.26. The highest BCUT2D eigenvalue weighted by molar-refractivity contribution is 7.78. The van der Waals surface area contributed by atoms with Gasteiger partial charge in [-0.3, -0.25) is 0 Å². The molecule has 144 valence electrons. The standard InChI is InChI=1S/C23H13F4NS/c1-2-14-3-5-15(6-4-14)7-8-16-9-11-17(12-10-16)18-19(24)21(26)23(28-13-29)22(27)20(18)25/h3-6,9-12H,2H2,1H3. The average molecular weight is 411 g/mol. The minimum absolute atomic E-state index is 0.0338. The van der Waals surface area contributed by atoms with Crippen LogP contribution in [0.5, 0.6) is 0 Å². The molecule has 1 nitrogen and oxygen atoms in total. The summed E-state index contributed by atoms with van der Waals surface area (Å²) in [6.07, 6.45) is 0.933. The van der Waals surface area contributed by atoms with Gasteiger partial charge in [0.15, 0.2) is 29.0 Å². The largest absolute Gasteiger partial charge is 0.203 e. The SMILES string of the molecule is CCc1ccc(C#Cc2ccc(-c3c(F)c(F)c(N=C=S)c(F)c3F)cc2)cc1. The molecular weight excluding hydrogens is 398 g/mol. The number of isothiocyanates is 1. The fraction of sp³-hybridized carbons (Fsp3) is 0.0870. The zero-order valence-corrected chi connectivity index (χ0v) is 16.0. The van der Waals surface area contributed by atoms with Crippen LogP contribution in [0.1, 0.15) is 23.6 Å². The first kappa shape index (κ1) is 20.5. The van der Waals surface area contributed by atoms with E-state index in [9.17, 15) is 17.6 Å². The molecule has 0 bridgehead atoms. The van der Waals surface area contributed by atoms with Crippen LogP contribution in [0.4, 0.5) is 23.2 Å². The van der Waals surface area contributed by atoms with Gasteiger partial charge in [-0.2, -0.15) is 4.99 Å². The van der Waals surface area contributed by atoms with E-state index in [1.54, 1.807) is 5.16 Å². The predicted molar refractivity (Wildman–Crippen MR) is 108 cm³/mol. The summed E-state index contributed by atoms with van der Waals surface area (Å²) in [5, 5.41) is 1.70. The average Bonchev–Trinajstić information content (AvgIpc) is 2.75. The molecule has 0 N–H and O–H groups in total. The third kappa shape index (κ3) is 4.27. The van der Waals surface area contributed by atoms with Crippen molar-refractivity contribution in [3.8, 4) is 23.0 Å². The molecule has 3 rings (SSSR count). The number of aliphatic imine (C=N–C) groups is 1. The van der Waals surface area contributed by atoms with Crippen LogP contribution in [0, 0.1) is 35.1 Å². The van der Waals surface area contributed by atoms with Crippen molar-refractivity contribution in [2.45, 2.75) is 13.3 Å². The summed E-state index contributed by atoms with van der Waals surface area (Å²) in [6, 6.07) is 13.5. The Morgan fingerprint density at radius 2 is 1.24 bits per heavy atom. The summed E-state index contributed by atoms with van der Waals surface area (Å²) in [4.78, 5) is 3.06. The molecule has 0 saturated carbocycles. The molecular formula is C23H13F4NS. The lowest BCUT2D eigenvalue weighted by Crippen LogP contribution is -2.00. The molecule has 0 aliphatic carbocycles. The highest BCUT2D eigenvalue weighted by Crippen LogP contribution is 2.35. The summed E-state index contributed by atoms with van der Waals surface area (Å²) in [6.45, 7) is 2.06. The van der Waals surface area contributed by atoms with Crippen molar-refractivity contribution >= 4 is 23.1 Å². The van der Waals surface area contributed by atoms with E-state index in [0.717, 1.165) is 12.0 Å². The monoisotopic (exact) mass is 411 g/mol. The van der Waals surface area contributed by atoms with Crippen LogP contribution in [0.3, 0.4) is 0 Å². The molecule has 0 saturated heterocycles. The van der Waals surface area contributed by atoms with E-state index >= 15 is 0 Å². The first-order valence-electron chi connectivity index (χ1n) is 8.61. The summed E-state index contributed by atoms with van der Waals surface area (Å²) in [5.41, 5.74) is 0.603. The van der Waals surface area contributed by atoms with E-state index < -0.39 is 34.5 Å². The maximum atomic E-state index is 14.3. The van der Waals surface area contributed by atoms with Gasteiger partial charge in [0, 0.05) is 11.1 Å². The van der Waals surface area contributed by atoms with Crippen molar-refractivity contribution < 1.29 is 17.6 Å². The zero-order valence-electron chi connectivity index (χ0n) is 15.2. The van der Waals surface area contributed by atoms with Crippen molar-refractivity contribution in [1.29, 1.82) is 0 Å². The maximum Gasteiger partial charge on any atom is 0.189 e. The van der Waals surface area contributed by atoms with Gasteiger partial charge in [-0.25, -0.2) is 17.6 Å². The van der Waals surface area contributed by atoms with Crippen molar-refractivity contribution in [3.05, 3.63) is 88.5 Å². The number of nitrogens with zero attached hydrogens (tertiary/aromatic N) is 1. The van der Waals surface area contributed by atoms with E-state index in [-0.39, 0.29) is 5.56 Å². The van der Waals surface area contributed by atoms with Crippen LogP contribution in [-0.2, 0) is 6.42 Å². The first-order valence-corrected chi connectivity index (χ1v) is 9.02. The molecule has 3 aromatic rings. The number of hydrogen-bond donors (Lipinski definition) is 0. The lowest BCUT2D eigenvalue weighted by molar-refractivity contribution is 0.462. The molecule has 29 heavy (non-hydrogen) atoms. The smallest absolute Gasteiger partial charge is 0.189 e. The Bertz CT molecular complexity index is 1140. The van der Waals surface area contributed by atoms with Crippen molar-refractivity contribution in [2.24, 2.45) is 4.99 Å². The molecule has 0 unspecified atom stereocenters. The predicted octanol–water partition coefficient (Wildman–Crippen LogP) is 6.61. The van der Waals surface area contributed by atoms with Gasteiger partial charge in [-0.05, 0) is 54.0 Å². The molecule has 0 radical (unpaired) electrons.